The van der Waals surface area contributed by atoms with Gasteiger partial charge in [0.05, 0.1) is 6.04 Å². The van der Waals surface area contributed by atoms with Crippen LogP contribution in [-0.4, -0.2) is 5.91 Å². The zero-order valence-electron chi connectivity index (χ0n) is 15.2. The van der Waals surface area contributed by atoms with Crippen LogP contribution in [0.4, 0.5) is 8.78 Å². The van der Waals surface area contributed by atoms with Gasteiger partial charge in [-0.15, -0.1) is 0 Å². The smallest absolute Gasteiger partial charge is 0.220 e. The summed E-state index contributed by atoms with van der Waals surface area (Å²) in [7, 11) is 0. The van der Waals surface area contributed by atoms with Gasteiger partial charge in [0.15, 0.2) is 11.6 Å². The lowest BCUT2D eigenvalue weighted by atomic mass is 9.86. The van der Waals surface area contributed by atoms with E-state index in [-0.39, 0.29) is 17.4 Å². The molecule has 0 bridgehead atoms. The second-order valence-corrected chi connectivity index (χ2v) is 7.41. The minimum absolute atomic E-state index is 0.107. The Hall–Kier alpha value is -2.23. The largest absolute Gasteiger partial charge is 0.350 e. The molecule has 1 atom stereocenters. The molecule has 0 saturated carbocycles. The molecule has 2 aromatic rings. The van der Waals surface area contributed by atoms with Gasteiger partial charge >= 0.3 is 0 Å². The lowest BCUT2D eigenvalue weighted by Crippen LogP contribution is -2.27. The van der Waals surface area contributed by atoms with Gasteiger partial charge in [0.25, 0.3) is 0 Å². The van der Waals surface area contributed by atoms with E-state index in [4.69, 9.17) is 0 Å². The first-order valence-corrected chi connectivity index (χ1v) is 8.50. The molecule has 0 saturated heterocycles. The molecular weight excluding hydrogens is 320 g/mol. The van der Waals surface area contributed by atoms with E-state index >= 15 is 0 Å². The van der Waals surface area contributed by atoms with E-state index in [0.29, 0.717) is 18.4 Å². The molecule has 1 N–H and O–H groups in total. The Bertz CT molecular complexity index is 733. The fourth-order valence-corrected chi connectivity index (χ4v) is 2.61. The third kappa shape index (κ3) is 5.38. The van der Waals surface area contributed by atoms with Crippen molar-refractivity contribution in [3.63, 3.8) is 0 Å². The van der Waals surface area contributed by atoms with Crippen molar-refractivity contribution in [1.82, 2.24) is 5.32 Å². The summed E-state index contributed by atoms with van der Waals surface area (Å²) in [4.78, 5) is 12.1. The normalized spacial score (nSPS) is 12.7. The van der Waals surface area contributed by atoms with Crippen molar-refractivity contribution in [3.05, 3.63) is 70.8 Å². The number of benzene rings is 2. The number of hydrogen-bond acceptors (Lipinski definition) is 1. The molecule has 134 valence electrons. The van der Waals surface area contributed by atoms with Gasteiger partial charge < -0.3 is 5.32 Å². The zero-order chi connectivity index (χ0) is 18.6. The van der Waals surface area contributed by atoms with Crippen LogP contribution in [0, 0.1) is 11.6 Å². The number of carbonyl (C=O) groups excluding carboxylic acids is 1. The number of amides is 1. The average Bonchev–Trinajstić information content (AvgIpc) is 2.55. The van der Waals surface area contributed by atoms with Crippen molar-refractivity contribution < 1.29 is 13.6 Å². The predicted octanol–water partition coefficient (Wildman–Crippen LogP) is 5.07. The Morgan fingerprint density at radius 3 is 2.24 bits per heavy atom. The maximum Gasteiger partial charge on any atom is 0.220 e. The Labute approximate surface area is 148 Å². The highest BCUT2D eigenvalue weighted by Gasteiger charge is 2.14. The fourth-order valence-electron chi connectivity index (χ4n) is 2.61. The molecule has 2 aromatic carbocycles. The van der Waals surface area contributed by atoms with Crippen LogP contribution in [0.15, 0.2) is 42.5 Å². The van der Waals surface area contributed by atoms with Crippen molar-refractivity contribution in [1.29, 1.82) is 0 Å². The van der Waals surface area contributed by atoms with Crippen molar-refractivity contribution in [2.24, 2.45) is 0 Å². The predicted molar refractivity (Wildman–Crippen MR) is 96.4 cm³/mol. The molecule has 0 spiro atoms. The van der Waals surface area contributed by atoms with Gasteiger partial charge in [-0.05, 0) is 47.6 Å². The molecule has 4 heteroatoms. The van der Waals surface area contributed by atoms with Gasteiger partial charge in [0.1, 0.15) is 0 Å². The molecule has 0 aliphatic rings. The van der Waals surface area contributed by atoms with E-state index in [0.717, 1.165) is 17.7 Å². The molecular formula is C21H25F2NO. The molecule has 2 rings (SSSR count). The minimum Gasteiger partial charge on any atom is -0.350 e. The number of nitrogens with one attached hydrogen (secondary N) is 1. The molecule has 0 unspecified atom stereocenters. The van der Waals surface area contributed by atoms with Gasteiger partial charge in [-0.1, -0.05) is 51.1 Å². The maximum absolute atomic E-state index is 13.3. The number of aryl methyl sites for hydroxylation is 1. The molecule has 0 radical (unpaired) electrons. The first kappa shape index (κ1) is 19.1. The topological polar surface area (TPSA) is 29.1 Å². The summed E-state index contributed by atoms with van der Waals surface area (Å²) in [6, 6.07) is 11.6. The lowest BCUT2D eigenvalue weighted by Gasteiger charge is -2.19. The Balaban J connectivity index is 1.88. The summed E-state index contributed by atoms with van der Waals surface area (Å²) in [5.74, 6) is -1.91. The van der Waals surface area contributed by atoms with Crippen molar-refractivity contribution in [2.75, 3.05) is 0 Å². The lowest BCUT2D eigenvalue weighted by molar-refractivity contribution is -0.121. The summed E-state index contributed by atoms with van der Waals surface area (Å²) in [6.07, 6.45) is 0.990. The molecule has 1 amide bonds. The van der Waals surface area contributed by atoms with Crippen LogP contribution >= 0.6 is 0 Å². The summed E-state index contributed by atoms with van der Waals surface area (Å²) < 4.78 is 26.2. The number of rotatable bonds is 5. The third-order valence-electron chi connectivity index (χ3n) is 4.28. The van der Waals surface area contributed by atoms with Gasteiger partial charge in [0, 0.05) is 6.42 Å². The second kappa shape index (κ2) is 7.77. The number of halogens is 2. The van der Waals surface area contributed by atoms with Crippen molar-refractivity contribution >= 4 is 5.91 Å². The molecule has 0 aromatic heterocycles. The van der Waals surface area contributed by atoms with Gasteiger partial charge in [-0.2, -0.15) is 0 Å². The summed E-state index contributed by atoms with van der Waals surface area (Å²) in [5, 5.41) is 2.82. The van der Waals surface area contributed by atoms with E-state index in [1.165, 1.54) is 11.6 Å². The molecule has 0 heterocycles. The molecule has 0 fully saturated rings. The highest BCUT2D eigenvalue weighted by molar-refractivity contribution is 5.76. The van der Waals surface area contributed by atoms with E-state index in [1.54, 1.807) is 6.92 Å². The number of carbonyl (C=O) groups is 1. The van der Waals surface area contributed by atoms with E-state index < -0.39 is 11.6 Å². The van der Waals surface area contributed by atoms with Crippen molar-refractivity contribution in [2.45, 2.75) is 52.0 Å². The highest BCUT2D eigenvalue weighted by atomic mass is 19.2. The summed E-state index contributed by atoms with van der Waals surface area (Å²) in [5.41, 5.74) is 3.01. The van der Waals surface area contributed by atoms with E-state index in [9.17, 15) is 13.6 Å². The van der Waals surface area contributed by atoms with Gasteiger partial charge in [-0.3, -0.25) is 4.79 Å². The summed E-state index contributed by atoms with van der Waals surface area (Å²) in [6.45, 7) is 8.24. The highest BCUT2D eigenvalue weighted by Crippen LogP contribution is 2.22. The van der Waals surface area contributed by atoms with Crippen molar-refractivity contribution in [3.8, 4) is 0 Å². The maximum atomic E-state index is 13.3. The number of hydrogen-bond donors (Lipinski definition) is 1. The zero-order valence-corrected chi connectivity index (χ0v) is 15.2. The SMILES string of the molecule is C[C@H](NC(=O)CCc1ccc(C(C)(C)C)cc1)c1ccc(F)c(F)c1. The van der Waals surface area contributed by atoms with Gasteiger partial charge in [-0.25, -0.2) is 8.78 Å². The Morgan fingerprint density at radius 2 is 1.68 bits per heavy atom. The van der Waals surface area contributed by atoms with E-state index in [2.05, 4.69) is 38.2 Å². The Kier molecular flexibility index (Phi) is 5.93. The first-order chi connectivity index (χ1) is 11.7. The van der Waals surface area contributed by atoms with Crippen LogP contribution in [0.25, 0.3) is 0 Å². The summed E-state index contributed by atoms with van der Waals surface area (Å²) >= 11 is 0. The second-order valence-electron chi connectivity index (χ2n) is 7.41. The monoisotopic (exact) mass is 345 g/mol. The van der Waals surface area contributed by atoms with Crippen LogP contribution < -0.4 is 5.32 Å². The van der Waals surface area contributed by atoms with Gasteiger partial charge in [0.2, 0.25) is 5.91 Å². The third-order valence-corrected chi connectivity index (χ3v) is 4.28. The van der Waals surface area contributed by atoms with Crippen LogP contribution in [0.5, 0.6) is 0 Å². The van der Waals surface area contributed by atoms with Crippen LogP contribution in [0.3, 0.4) is 0 Å². The quantitative estimate of drug-likeness (QED) is 0.805. The molecule has 0 aliphatic heterocycles. The fraction of sp³-hybridized carbons (Fsp3) is 0.381. The average molecular weight is 345 g/mol. The standard InChI is InChI=1S/C21H25F2NO/c1-14(16-8-11-18(22)19(23)13-16)24-20(25)12-7-15-5-9-17(10-6-15)21(2,3)4/h5-6,8-11,13-14H,7,12H2,1-4H3,(H,24,25)/t14-/m0/s1. The molecule has 25 heavy (non-hydrogen) atoms. The van der Waals surface area contributed by atoms with Crippen LogP contribution in [0.2, 0.25) is 0 Å². The first-order valence-electron chi connectivity index (χ1n) is 8.50. The molecule has 2 nitrogen and oxygen atoms in total. The minimum atomic E-state index is -0.905. The Morgan fingerprint density at radius 1 is 1.04 bits per heavy atom. The van der Waals surface area contributed by atoms with E-state index in [1.807, 2.05) is 12.1 Å². The van der Waals surface area contributed by atoms with Crippen LogP contribution in [-0.2, 0) is 16.6 Å². The van der Waals surface area contributed by atoms with Crippen LogP contribution in [0.1, 0.15) is 56.8 Å². The molecule has 0 aliphatic carbocycles.